The SMILES string of the molecule is CC1=CC(O)(C(F)(F)F)N(C(=O)c2ccc(COc3ccc4c(c3)CCC4)cc2)N1. The molecule has 2 aromatic rings. The molecule has 158 valence electrons. The summed E-state index contributed by atoms with van der Waals surface area (Å²) in [5.74, 6) is -0.233. The Morgan fingerprint density at radius 1 is 1.17 bits per heavy atom. The number of aryl methyl sites for hydroxylation is 2. The highest BCUT2D eigenvalue weighted by molar-refractivity contribution is 5.95. The number of amides is 1. The van der Waals surface area contributed by atoms with E-state index in [1.807, 2.05) is 12.1 Å². The minimum atomic E-state index is -5.04. The van der Waals surface area contributed by atoms with Crippen LogP contribution in [0.4, 0.5) is 13.2 Å². The molecule has 0 fully saturated rings. The second-order valence-electron chi connectivity index (χ2n) is 7.57. The molecular weight excluding hydrogens is 397 g/mol. The maximum atomic E-state index is 13.3. The van der Waals surface area contributed by atoms with Crippen molar-refractivity contribution in [2.45, 2.75) is 44.7 Å². The first kappa shape index (κ1) is 20.3. The molecule has 30 heavy (non-hydrogen) atoms. The number of hydrazine groups is 1. The highest BCUT2D eigenvalue weighted by Crippen LogP contribution is 2.38. The minimum Gasteiger partial charge on any atom is -0.489 e. The van der Waals surface area contributed by atoms with Gasteiger partial charge in [0.05, 0.1) is 0 Å². The Bertz CT molecular complexity index is 1000. The van der Waals surface area contributed by atoms with Crippen molar-refractivity contribution in [3.05, 3.63) is 76.5 Å². The van der Waals surface area contributed by atoms with Crippen LogP contribution in [0.2, 0.25) is 0 Å². The Morgan fingerprint density at radius 2 is 1.87 bits per heavy atom. The highest BCUT2D eigenvalue weighted by atomic mass is 19.4. The summed E-state index contributed by atoms with van der Waals surface area (Å²) in [6.45, 7) is 1.60. The third-order valence-corrected chi connectivity index (χ3v) is 5.34. The number of hydrogen-bond acceptors (Lipinski definition) is 4. The first-order chi connectivity index (χ1) is 14.2. The lowest BCUT2D eigenvalue weighted by atomic mass is 10.1. The predicted octanol–water partition coefficient (Wildman–Crippen LogP) is 3.87. The van der Waals surface area contributed by atoms with Crippen molar-refractivity contribution < 1.29 is 27.8 Å². The van der Waals surface area contributed by atoms with Crippen molar-refractivity contribution in [2.75, 3.05) is 0 Å². The number of aliphatic hydroxyl groups is 1. The van der Waals surface area contributed by atoms with Crippen molar-refractivity contribution in [1.29, 1.82) is 0 Å². The molecule has 0 radical (unpaired) electrons. The van der Waals surface area contributed by atoms with Crippen molar-refractivity contribution >= 4 is 5.91 Å². The number of fused-ring (bicyclic) bond motifs is 1. The molecule has 0 spiro atoms. The first-order valence-electron chi connectivity index (χ1n) is 9.61. The van der Waals surface area contributed by atoms with Gasteiger partial charge in [0, 0.05) is 11.3 Å². The van der Waals surface area contributed by atoms with Gasteiger partial charge in [0.25, 0.3) is 11.6 Å². The van der Waals surface area contributed by atoms with Crippen molar-refractivity contribution in [2.24, 2.45) is 0 Å². The Labute approximate surface area is 171 Å². The van der Waals surface area contributed by atoms with Crippen LogP contribution >= 0.6 is 0 Å². The summed E-state index contributed by atoms with van der Waals surface area (Å²) in [4.78, 5) is 12.6. The predicted molar refractivity (Wildman–Crippen MR) is 103 cm³/mol. The summed E-state index contributed by atoms with van der Waals surface area (Å²) in [6.07, 6.45) is -1.18. The average molecular weight is 418 g/mol. The summed E-state index contributed by atoms with van der Waals surface area (Å²) < 4.78 is 45.7. The molecule has 1 aliphatic heterocycles. The van der Waals surface area contributed by atoms with E-state index in [0.717, 1.165) is 30.6 Å². The van der Waals surface area contributed by atoms with Crippen molar-refractivity contribution in [1.82, 2.24) is 10.4 Å². The van der Waals surface area contributed by atoms with Gasteiger partial charge in [0.2, 0.25) is 0 Å². The molecule has 0 saturated carbocycles. The van der Waals surface area contributed by atoms with Crippen LogP contribution in [-0.2, 0) is 19.4 Å². The van der Waals surface area contributed by atoms with E-state index in [1.54, 1.807) is 12.1 Å². The van der Waals surface area contributed by atoms with Crippen LogP contribution in [0, 0.1) is 0 Å². The second-order valence-corrected chi connectivity index (χ2v) is 7.57. The molecule has 5 nitrogen and oxygen atoms in total. The summed E-state index contributed by atoms with van der Waals surface area (Å²) in [6, 6.07) is 12.1. The maximum Gasteiger partial charge on any atom is 0.442 e. The van der Waals surface area contributed by atoms with Gasteiger partial charge >= 0.3 is 6.18 Å². The molecule has 1 atom stereocenters. The molecule has 0 bridgehead atoms. The number of halogens is 3. The molecule has 2 N–H and O–H groups in total. The summed E-state index contributed by atoms with van der Waals surface area (Å²) in [5, 5.41) is 10.2. The smallest absolute Gasteiger partial charge is 0.442 e. The fourth-order valence-corrected chi connectivity index (χ4v) is 3.75. The monoisotopic (exact) mass is 418 g/mol. The molecule has 4 rings (SSSR count). The average Bonchev–Trinajstić information content (AvgIpc) is 3.29. The topological polar surface area (TPSA) is 61.8 Å². The van der Waals surface area contributed by atoms with Crippen LogP contribution < -0.4 is 10.2 Å². The fourth-order valence-electron chi connectivity index (χ4n) is 3.75. The summed E-state index contributed by atoms with van der Waals surface area (Å²) in [5.41, 5.74) is 2.34. The molecule has 1 heterocycles. The fraction of sp³-hybridized carbons (Fsp3) is 0.318. The molecule has 1 amide bonds. The molecule has 1 unspecified atom stereocenters. The molecule has 2 aliphatic rings. The summed E-state index contributed by atoms with van der Waals surface area (Å²) >= 11 is 0. The van der Waals surface area contributed by atoms with E-state index in [0.29, 0.717) is 6.08 Å². The van der Waals surface area contributed by atoms with E-state index in [1.165, 1.54) is 30.2 Å². The third kappa shape index (κ3) is 3.63. The number of benzene rings is 2. The normalized spacial score (nSPS) is 20.6. The molecule has 0 saturated heterocycles. The van der Waals surface area contributed by atoms with Crippen molar-refractivity contribution in [3.8, 4) is 5.75 Å². The number of ether oxygens (including phenoxy) is 1. The van der Waals surface area contributed by atoms with E-state index in [9.17, 15) is 23.1 Å². The number of alkyl halides is 3. The number of carbonyl (C=O) groups is 1. The van der Waals surface area contributed by atoms with E-state index in [2.05, 4.69) is 11.5 Å². The molecule has 1 aliphatic carbocycles. The lowest BCUT2D eigenvalue weighted by Crippen LogP contribution is -2.60. The lowest BCUT2D eigenvalue weighted by molar-refractivity contribution is -0.283. The Balaban J connectivity index is 1.44. The quantitative estimate of drug-likeness (QED) is 0.792. The standard InChI is InChI=1S/C22H21F3N2O3/c1-14-12-21(29,22(23,24)25)27(26-14)20(28)17-7-5-15(6-8-17)13-30-19-10-9-16-3-2-4-18(16)11-19/h5-12,26,29H,2-4,13H2,1H3. The number of hydrogen-bond donors (Lipinski definition) is 2. The Hall–Kier alpha value is -3.00. The molecule has 8 heteroatoms. The van der Waals surface area contributed by atoms with Gasteiger partial charge in [-0.25, -0.2) is 5.01 Å². The Morgan fingerprint density at radius 3 is 2.57 bits per heavy atom. The zero-order chi connectivity index (χ0) is 21.5. The van der Waals surface area contributed by atoms with Gasteiger partial charge in [-0.05, 0) is 73.2 Å². The van der Waals surface area contributed by atoms with E-state index in [4.69, 9.17) is 4.74 Å². The van der Waals surface area contributed by atoms with Crippen LogP contribution in [0.25, 0.3) is 0 Å². The van der Waals surface area contributed by atoms with Gasteiger partial charge in [0.1, 0.15) is 12.4 Å². The molecule has 0 aromatic heterocycles. The van der Waals surface area contributed by atoms with Gasteiger partial charge in [-0.15, -0.1) is 0 Å². The van der Waals surface area contributed by atoms with Crippen LogP contribution in [-0.4, -0.2) is 27.9 Å². The van der Waals surface area contributed by atoms with Gasteiger partial charge in [-0.2, -0.15) is 13.2 Å². The highest BCUT2D eigenvalue weighted by Gasteiger charge is 2.61. The van der Waals surface area contributed by atoms with Gasteiger partial charge < -0.3 is 9.84 Å². The largest absolute Gasteiger partial charge is 0.489 e. The van der Waals surface area contributed by atoms with E-state index in [-0.39, 0.29) is 22.9 Å². The van der Waals surface area contributed by atoms with Gasteiger partial charge in [-0.1, -0.05) is 18.2 Å². The van der Waals surface area contributed by atoms with Crippen LogP contribution in [0.5, 0.6) is 5.75 Å². The summed E-state index contributed by atoms with van der Waals surface area (Å²) in [7, 11) is 0. The van der Waals surface area contributed by atoms with E-state index >= 15 is 0 Å². The van der Waals surface area contributed by atoms with Crippen LogP contribution in [0.3, 0.4) is 0 Å². The van der Waals surface area contributed by atoms with E-state index < -0.39 is 17.8 Å². The first-order valence-corrected chi connectivity index (χ1v) is 9.61. The zero-order valence-electron chi connectivity index (χ0n) is 16.3. The van der Waals surface area contributed by atoms with Crippen LogP contribution in [0.1, 0.15) is 40.4 Å². The molecule has 2 aromatic carbocycles. The van der Waals surface area contributed by atoms with Crippen molar-refractivity contribution in [3.63, 3.8) is 0 Å². The van der Waals surface area contributed by atoms with Crippen LogP contribution in [0.15, 0.2) is 54.2 Å². The number of nitrogens with one attached hydrogen (secondary N) is 1. The van der Waals surface area contributed by atoms with Gasteiger partial charge in [-0.3, -0.25) is 10.2 Å². The maximum absolute atomic E-state index is 13.3. The number of rotatable bonds is 4. The van der Waals surface area contributed by atoms with Gasteiger partial charge in [0.15, 0.2) is 0 Å². The number of nitrogens with zero attached hydrogens (tertiary/aromatic N) is 1. The minimum absolute atomic E-state index is 0.00885. The second kappa shape index (κ2) is 7.36. The lowest BCUT2D eigenvalue weighted by Gasteiger charge is -2.33. The third-order valence-electron chi connectivity index (χ3n) is 5.34. The zero-order valence-corrected chi connectivity index (χ0v) is 16.3. The number of allylic oxidation sites excluding steroid dienone is 1. The number of carbonyl (C=O) groups excluding carboxylic acids is 1. The molecular formula is C22H21F3N2O3. The Kier molecular flexibility index (Phi) is 4.97.